The van der Waals surface area contributed by atoms with E-state index in [2.05, 4.69) is 0 Å². The molecule has 0 aliphatic rings. The zero-order valence-electron chi connectivity index (χ0n) is 22.4. The molecule has 0 aliphatic carbocycles. The molecule has 1 atom stereocenters. The van der Waals surface area contributed by atoms with Gasteiger partial charge < -0.3 is 43.9 Å². The fourth-order valence-corrected chi connectivity index (χ4v) is 12.8. The van der Waals surface area contributed by atoms with Gasteiger partial charge >= 0.3 is 26.9 Å². The maximum absolute atomic E-state index is 6.66. The molecule has 1 unspecified atom stereocenters. The highest BCUT2D eigenvalue weighted by Crippen LogP contribution is 2.37. The van der Waals surface area contributed by atoms with E-state index < -0.39 is 32.1 Å². The Morgan fingerprint density at radius 2 is 0.758 bits per heavy atom. The van der Waals surface area contributed by atoms with Gasteiger partial charge in [0.05, 0.1) is 0 Å². The Morgan fingerprint density at radius 3 is 1.03 bits per heavy atom. The summed E-state index contributed by atoms with van der Waals surface area (Å²) in [6, 6.07) is 0. The molecule has 0 rings (SSSR count). The minimum absolute atomic E-state index is 0.326. The summed E-state index contributed by atoms with van der Waals surface area (Å²) in [4.78, 5) is 0. The molecule has 0 saturated heterocycles. The Balaban J connectivity index is 6.70. The minimum atomic E-state index is -3.73. The molecule has 0 amide bonds. The Hall–Kier alpha value is 0.251. The summed E-state index contributed by atoms with van der Waals surface area (Å²) in [5.74, 6) is 0. The fraction of sp³-hybridized carbons (Fsp3) is 1.00. The number of hydrogen-bond donors (Lipinski definition) is 0. The van der Waals surface area contributed by atoms with Crippen LogP contribution >= 0.6 is 0 Å². The van der Waals surface area contributed by atoms with E-state index in [1.807, 2.05) is 69.2 Å². The minimum Gasteiger partial charge on any atom is -0.373 e. The normalized spacial score (nSPS) is 15.1. The van der Waals surface area contributed by atoms with Gasteiger partial charge in [0, 0.05) is 52.9 Å². The van der Waals surface area contributed by atoms with E-state index in [0.717, 1.165) is 0 Å². The second-order valence-corrected chi connectivity index (χ2v) is 14.3. The first-order chi connectivity index (χ1) is 15.7. The second-order valence-electron chi connectivity index (χ2n) is 6.81. The van der Waals surface area contributed by atoms with E-state index >= 15 is 0 Å². The Labute approximate surface area is 204 Å². The summed E-state index contributed by atoms with van der Waals surface area (Å²) in [5.41, 5.74) is 0. The predicted octanol–water partition coefficient (Wildman–Crippen LogP) is 3.83. The maximum atomic E-state index is 6.66. The molecule has 0 heterocycles. The van der Waals surface area contributed by atoms with E-state index in [0.29, 0.717) is 59.3 Å². The van der Waals surface area contributed by atoms with E-state index in [9.17, 15) is 0 Å². The summed E-state index contributed by atoms with van der Waals surface area (Å²) in [5, 5.41) is -1.10. The van der Waals surface area contributed by atoms with E-state index in [4.69, 9.17) is 43.9 Å². The van der Waals surface area contributed by atoms with Gasteiger partial charge in [-0.2, -0.15) is 0 Å². The molecule has 0 aromatic heterocycles. The van der Waals surface area contributed by atoms with Crippen LogP contribution in [0.5, 0.6) is 0 Å². The SMILES string of the molecule is CCO[Si](OCC)(OCC)OC(C)(CC)[Si](OCC)(OCC)O[Si](OCC)(OCC)OCC. The molecule has 0 N–H and O–H groups in total. The van der Waals surface area contributed by atoms with E-state index in [1.165, 1.54) is 0 Å². The topological polar surface area (TPSA) is 92.3 Å². The lowest BCUT2D eigenvalue weighted by Gasteiger charge is -2.47. The molecule has 10 nitrogen and oxygen atoms in total. The van der Waals surface area contributed by atoms with Crippen molar-refractivity contribution in [2.75, 3.05) is 52.9 Å². The van der Waals surface area contributed by atoms with Gasteiger partial charge in [0.15, 0.2) is 0 Å². The van der Waals surface area contributed by atoms with Crippen molar-refractivity contribution in [3.8, 4) is 0 Å². The van der Waals surface area contributed by atoms with Gasteiger partial charge in [0.2, 0.25) is 0 Å². The summed E-state index contributed by atoms with van der Waals surface area (Å²) < 4.78 is 61.8. The molecule has 0 fully saturated rings. The summed E-state index contributed by atoms with van der Waals surface area (Å²) in [6.45, 7) is 21.6. The van der Waals surface area contributed by atoms with Gasteiger partial charge in [-0.25, -0.2) is 0 Å². The van der Waals surface area contributed by atoms with Gasteiger partial charge in [-0.15, -0.1) is 0 Å². The number of hydrogen-bond acceptors (Lipinski definition) is 10. The third-order valence-electron chi connectivity index (χ3n) is 4.53. The van der Waals surface area contributed by atoms with Crippen molar-refractivity contribution in [2.24, 2.45) is 0 Å². The average Bonchev–Trinajstić information content (AvgIpc) is 2.75. The fourth-order valence-electron chi connectivity index (χ4n) is 3.17. The van der Waals surface area contributed by atoms with Crippen molar-refractivity contribution < 1.29 is 43.9 Å². The largest absolute Gasteiger partial charge is 0.680 e. The molecular formula is C20H48O10Si3. The van der Waals surface area contributed by atoms with Crippen LogP contribution in [0.4, 0.5) is 0 Å². The lowest BCUT2D eigenvalue weighted by atomic mass is 10.3. The standard InChI is InChI=1S/C20H48O10Si3/c1-11-20(10,29-32(23-14-4,24-15-5)25-16-6)31(21-12-2,22-13-3)30-33(26-17-7,27-18-8)28-19-9/h11-19H2,1-10H3. The van der Waals surface area contributed by atoms with Crippen molar-refractivity contribution in [1.82, 2.24) is 0 Å². The molecule has 33 heavy (non-hydrogen) atoms. The first-order valence-corrected chi connectivity index (χ1v) is 17.2. The summed E-state index contributed by atoms with van der Waals surface area (Å²) in [7, 11) is -10.9. The Kier molecular flexibility index (Phi) is 17.0. The highest BCUT2D eigenvalue weighted by molar-refractivity contribution is 6.74. The van der Waals surface area contributed by atoms with Crippen LogP contribution in [0.1, 0.15) is 75.7 Å². The molecule has 200 valence electrons. The lowest BCUT2D eigenvalue weighted by molar-refractivity contribution is -0.0995. The molecule has 0 aromatic carbocycles. The van der Waals surface area contributed by atoms with Crippen molar-refractivity contribution >= 4 is 26.9 Å². The zero-order chi connectivity index (χ0) is 25.4. The predicted molar refractivity (Wildman–Crippen MR) is 131 cm³/mol. The molecule has 0 radical (unpaired) electrons. The van der Waals surface area contributed by atoms with Gasteiger partial charge in [-0.05, 0) is 68.7 Å². The first-order valence-electron chi connectivity index (χ1n) is 12.2. The Bertz CT molecular complexity index is 463. The lowest BCUT2D eigenvalue weighted by Crippen LogP contribution is -2.73. The van der Waals surface area contributed by atoms with Crippen LogP contribution in [0.25, 0.3) is 0 Å². The zero-order valence-corrected chi connectivity index (χ0v) is 25.4. The molecule has 0 spiro atoms. The molecular weight excluding hydrogens is 484 g/mol. The first kappa shape index (κ1) is 33.3. The van der Waals surface area contributed by atoms with Crippen LogP contribution in [0, 0.1) is 0 Å². The third kappa shape index (κ3) is 9.33. The van der Waals surface area contributed by atoms with E-state index in [1.54, 1.807) is 0 Å². The maximum Gasteiger partial charge on any atom is 0.680 e. The van der Waals surface area contributed by atoms with Crippen LogP contribution in [0.15, 0.2) is 0 Å². The van der Waals surface area contributed by atoms with Crippen LogP contribution in [0.3, 0.4) is 0 Å². The van der Waals surface area contributed by atoms with Crippen LogP contribution < -0.4 is 0 Å². The average molecular weight is 533 g/mol. The van der Waals surface area contributed by atoms with Crippen molar-refractivity contribution in [2.45, 2.75) is 80.9 Å². The highest BCUT2D eigenvalue weighted by atomic mass is 28.5. The third-order valence-corrected chi connectivity index (χ3v) is 14.4. The van der Waals surface area contributed by atoms with Gasteiger partial charge in [0.1, 0.15) is 5.22 Å². The molecule has 0 bridgehead atoms. The molecule has 13 heteroatoms. The van der Waals surface area contributed by atoms with Crippen molar-refractivity contribution in [3.63, 3.8) is 0 Å². The van der Waals surface area contributed by atoms with Crippen molar-refractivity contribution in [3.05, 3.63) is 0 Å². The summed E-state index contributed by atoms with van der Waals surface area (Å²) >= 11 is 0. The smallest absolute Gasteiger partial charge is 0.373 e. The quantitative estimate of drug-likeness (QED) is 0.192. The molecule has 0 aliphatic heterocycles. The summed E-state index contributed by atoms with van der Waals surface area (Å²) in [6.07, 6.45) is 0.468. The van der Waals surface area contributed by atoms with Gasteiger partial charge in [0.25, 0.3) is 0 Å². The van der Waals surface area contributed by atoms with E-state index in [-0.39, 0.29) is 0 Å². The highest BCUT2D eigenvalue weighted by Gasteiger charge is 2.69. The number of rotatable bonds is 22. The molecule has 0 aromatic rings. The Morgan fingerprint density at radius 1 is 0.455 bits per heavy atom. The van der Waals surface area contributed by atoms with Crippen molar-refractivity contribution in [1.29, 1.82) is 0 Å². The van der Waals surface area contributed by atoms with Gasteiger partial charge in [-0.3, -0.25) is 0 Å². The van der Waals surface area contributed by atoms with Crippen LogP contribution in [-0.2, 0) is 43.9 Å². The van der Waals surface area contributed by atoms with Crippen LogP contribution in [-0.4, -0.2) is 85.0 Å². The van der Waals surface area contributed by atoms with Gasteiger partial charge in [-0.1, -0.05) is 6.92 Å². The van der Waals surface area contributed by atoms with Crippen LogP contribution in [0.2, 0.25) is 0 Å². The molecule has 0 saturated carbocycles. The monoisotopic (exact) mass is 532 g/mol. The second kappa shape index (κ2) is 16.8.